The number of aryl methyl sites for hydroxylation is 3. The Morgan fingerprint density at radius 1 is 1.38 bits per heavy atom. The number of carbonyl (C=O) groups is 1. The van der Waals surface area contributed by atoms with Gasteiger partial charge in [-0.2, -0.15) is 0 Å². The molecule has 1 amide bonds. The molecule has 0 atom stereocenters. The van der Waals surface area contributed by atoms with Crippen molar-refractivity contribution in [3.63, 3.8) is 0 Å². The van der Waals surface area contributed by atoms with E-state index in [0.717, 1.165) is 0 Å². The smallest absolute Gasteiger partial charge is 0.233 e. The van der Waals surface area contributed by atoms with E-state index in [1.54, 1.807) is 16.6 Å². The van der Waals surface area contributed by atoms with Crippen LogP contribution in [-0.2, 0) is 18.4 Å². The lowest BCUT2D eigenvalue weighted by atomic mass is 10.1. The quantitative estimate of drug-likeness (QED) is 0.785. The van der Waals surface area contributed by atoms with Crippen molar-refractivity contribution >= 4 is 17.7 Å². The Hall–Kier alpha value is -1.89. The first-order valence-corrected chi connectivity index (χ1v) is 7.61. The molecule has 0 aliphatic carbocycles. The molecule has 21 heavy (non-hydrogen) atoms. The van der Waals surface area contributed by atoms with Gasteiger partial charge in [0.2, 0.25) is 11.1 Å². The molecule has 6 nitrogen and oxygen atoms in total. The maximum atomic E-state index is 12.2. The summed E-state index contributed by atoms with van der Waals surface area (Å²) in [4.78, 5) is 13.9. The molecule has 0 fully saturated rings. The molecule has 0 aliphatic rings. The second-order valence-electron chi connectivity index (χ2n) is 5.05. The molecule has 2 aromatic rings. The van der Waals surface area contributed by atoms with Crippen molar-refractivity contribution in [2.75, 3.05) is 12.8 Å². The Morgan fingerprint density at radius 3 is 2.76 bits per heavy atom. The average molecular weight is 305 g/mol. The van der Waals surface area contributed by atoms with Crippen LogP contribution in [0.25, 0.3) is 0 Å². The van der Waals surface area contributed by atoms with Gasteiger partial charge in [-0.3, -0.25) is 4.79 Å². The van der Waals surface area contributed by atoms with E-state index >= 15 is 0 Å². The molecular formula is C14H19N5OS. The third-order valence-corrected chi connectivity index (χ3v) is 4.23. The second-order valence-corrected chi connectivity index (χ2v) is 6.00. The topological polar surface area (TPSA) is 63.9 Å². The average Bonchev–Trinajstić information content (AvgIpc) is 2.84. The standard InChI is InChI=1S/C14H19N5OS/c1-10-5-6-12(11(2)7-10)8-18(3)13(20)9-21-14-15-16-17-19(14)4/h5-7H,8-9H2,1-4H3. The van der Waals surface area contributed by atoms with E-state index in [2.05, 4.69) is 47.6 Å². The number of aromatic nitrogens is 4. The van der Waals surface area contributed by atoms with Gasteiger partial charge in [0.05, 0.1) is 5.75 Å². The summed E-state index contributed by atoms with van der Waals surface area (Å²) in [6, 6.07) is 6.28. The van der Waals surface area contributed by atoms with Crippen molar-refractivity contribution in [3.05, 3.63) is 34.9 Å². The van der Waals surface area contributed by atoms with Crippen LogP contribution in [0.15, 0.2) is 23.4 Å². The Bertz CT molecular complexity index is 640. The predicted octanol–water partition coefficient (Wildman–Crippen LogP) is 1.58. The van der Waals surface area contributed by atoms with Crippen molar-refractivity contribution in [3.8, 4) is 0 Å². The van der Waals surface area contributed by atoms with Gasteiger partial charge in [-0.15, -0.1) is 5.10 Å². The van der Waals surface area contributed by atoms with Crippen LogP contribution in [0.3, 0.4) is 0 Å². The zero-order chi connectivity index (χ0) is 15.4. The molecule has 7 heteroatoms. The number of nitrogens with zero attached hydrogens (tertiary/aromatic N) is 5. The van der Waals surface area contributed by atoms with Gasteiger partial charge < -0.3 is 4.90 Å². The summed E-state index contributed by atoms with van der Waals surface area (Å²) in [6.45, 7) is 4.75. The highest BCUT2D eigenvalue weighted by Gasteiger charge is 2.13. The van der Waals surface area contributed by atoms with Crippen LogP contribution in [0.2, 0.25) is 0 Å². The van der Waals surface area contributed by atoms with E-state index in [9.17, 15) is 4.79 Å². The van der Waals surface area contributed by atoms with Crippen LogP contribution < -0.4 is 0 Å². The molecule has 0 aliphatic heterocycles. The lowest BCUT2D eigenvalue weighted by Gasteiger charge is -2.18. The van der Waals surface area contributed by atoms with Crippen LogP contribution >= 0.6 is 11.8 Å². The summed E-state index contributed by atoms with van der Waals surface area (Å²) < 4.78 is 1.56. The number of benzene rings is 1. The number of thioether (sulfide) groups is 1. The van der Waals surface area contributed by atoms with E-state index in [4.69, 9.17) is 0 Å². The molecule has 0 radical (unpaired) electrons. The van der Waals surface area contributed by atoms with Crippen molar-refractivity contribution in [1.82, 2.24) is 25.1 Å². The number of hydrogen-bond acceptors (Lipinski definition) is 5. The highest BCUT2D eigenvalue weighted by Crippen LogP contribution is 2.15. The van der Waals surface area contributed by atoms with Gasteiger partial charge in [0.15, 0.2) is 0 Å². The molecular weight excluding hydrogens is 286 g/mol. The Labute approximate surface area is 128 Å². The highest BCUT2D eigenvalue weighted by molar-refractivity contribution is 7.99. The first-order chi connectivity index (χ1) is 9.97. The van der Waals surface area contributed by atoms with Crippen molar-refractivity contribution in [1.29, 1.82) is 0 Å². The number of rotatable bonds is 5. The fraction of sp³-hybridized carbons (Fsp3) is 0.429. The second kappa shape index (κ2) is 6.71. The molecule has 0 saturated heterocycles. The number of hydrogen-bond donors (Lipinski definition) is 0. The lowest BCUT2D eigenvalue weighted by Crippen LogP contribution is -2.28. The van der Waals surface area contributed by atoms with Crippen molar-refractivity contribution in [2.24, 2.45) is 7.05 Å². The van der Waals surface area contributed by atoms with Gasteiger partial charge in [-0.1, -0.05) is 35.5 Å². The lowest BCUT2D eigenvalue weighted by molar-refractivity contribution is -0.127. The zero-order valence-electron chi connectivity index (χ0n) is 12.7. The van der Waals surface area contributed by atoms with E-state index in [-0.39, 0.29) is 5.91 Å². The maximum absolute atomic E-state index is 12.2. The summed E-state index contributed by atoms with van der Waals surface area (Å²) in [5, 5.41) is 11.8. The molecule has 0 N–H and O–H groups in total. The number of amides is 1. The fourth-order valence-electron chi connectivity index (χ4n) is 1.95. The summed E-state index contributed by atoms with van der Waals surface area (Å²) >= 11 is 1.34. The number of tetrazole rings is 1. The first-order valence-electron chi connectivity index (χ1n) is 6.62. The SMILES string of the molecule is Cc1ccc(CN(C)C(=O)CSc2nnnn2C)c(C)c1. The molecule has 0 saturated carbocycles. The minimum atomic E-state index is 0.0583. The van der Waals surface area contributed by atoms with Gasteiger partial charge in [0.25, 0.3) is 0 Å². The van der Waals surface area contributed by atoms with Gasteiger partial charge >= 0.3 is 0 Å². The predicted molar refractivity (Wildman–Crippen MR) is 81.9 cm³/mol. The Kier molecular flexibility index (Phi) is 4.95. The third kappa shape index (κ3) is 4.04. The Balaban J connectivity index is 1.92. The van der Waals surface area contributed by atoms with Crippen molar-refractivity contribution < 1.29 is 4.79 Å². The molecule has 1 aromatic carbocycles. The molecule has 0 bridgehead atoms. The minimum absolute atomic E-state index is 0.0583. The Morgan fingerprint density at radius 2 is 2.14 bits per heavy atom. The highest BCUT2D eigenvalue weighted by atomic mass is 32.2. The van der Waals surface area contributed by atoms with Gasteiger partial charge in [0.1, 0.15) is 0 Å². The molecule has 1 heterocycles. The minimum Gasteiger partial charge on any atom is -0.341 e. The van der Waals surface area contributed by atoms with E-state index in [0.29, 0.717) is 17.5 Å². The summed E-state index contributed by atoms with van der Waals surface area (Å²) in [7, 11) is 3.57. The van der Waals surface area contributed by atoms with Gasteiger partial charge in [-0.05, 0) is 35.4 Å². The largest absolute Gasteiger partial charge is 0.341 e. The van der Waals surface area contributed by atoms with Crippen LogP contribution in [0.4, 0.5) is 0 Å². The van der Waals surface area contributed by atoms with Crippen LogP contribution in [0, 0.1) is 13.8 Å². The van der Waals surface area contributed by atoms with Crippen LogP contribution in [-0.4, -0.2) is 43.8 Å². The van der Waals surface area contributed by atoms with Crippen molar-refractivity contribution in [2.45, 2.75) is 25.5 Å². The summed E-state index contributed by atoms with van der Waals surface area (Å²) in [5.74, 6) is 0.387. The molecule has 1 aromatic heterocycles. The fourth-order valence-corrected chi connectivity index (χ4v) is 2.74. The van der Waals surface area contributed by atoms with Crippen LogP contribution in [0.1, 0.15) is 16.7 Å². The maximum Gasteiger partial charge on any atom is 0.233 e. The third-order valence-electron chi connectivity index (χ3n) is 3.24. The first kappa shape index (κ1) is 15.5. The normalized spacial score (nSPS) is 10.7. The van der Waals surface area contributed by atoms with Gasteiger partial charge in [-0.25, -0.2) is 4.68 Å². The molecule has 0 spiro atoms. The van der Waals surface area contributed by atoms with Gasteiger partial charge in [0, 0.05) is 20.6 Å². The molecule has 2 rings (SSSR count). The van der Waals surface area contributed by atoms with E-state index in [1.165, 1.54) is 28.5 Å². The molecule has 0 unspecified atom stereocenters. The molecule has 112 valence electrons. The van der Waals surface area contributed by atoms with Crippen LogP contribution in [0.5, 0.6) is 0 Å². The monoisotopic (exact) mass is 305 g/mol. The zero-order valence-corrected chi connectivity index (χ0v) is 13.5. The summed E-state index contributed by atoms with van der Waals surface area (Å²) in [6.07, 6.45) is 0. The van der Waals surface area contributed by atoms with E-state index in [1.807, 2.05) is 7.05 Å². The van der Waals surface area contributed by atoms with E-state index < -0.39 is 0 Å². The number of carbonyl (C=O) groups excluding carboxylic acids is 1. The summed E-state index contributed by atoms with van der Waals surface area (Å²) in [5.41, 5.74) is 3.61.